The summed E-state index contributed by atoms with van der Waals surface area (Å²) in [6.45, 7) is 3.30. The third-order valence-corrected chi connectivity index (χ3v) is 5.31. The van der Waals surface area contributed by atoms with E-state index in [2.05, 4.69) is 10.1 Å². The zero-order valence-corrected chi connectivity index (χ0v) is 18.6. The third kappa shape index (κ3) is 6.36. The first-order chi connectivity index (χ1) is 14.0. The van der Waals surface area contributed by atoms with Crippen LogP contribution in [0.2, 0.25) is 5.02 Å². The molecule has 0 spiro atoms. The predicted molar refractivity (Wildman–Crippen MR) is 116 cm³/mol. The molecule has 0 heterocycles. The van der Waals surface area contributed by atoms with Gasteiger partial charge in [-0.05, 0) is 56.3 Å². The highest BCUT2D eigenvalue weighted by Gasteiger charge is 2.21. The Morgan fingerprint density at radius 2 is 1.77 bits per heavy atom. The van der Waals surface area contributed by atoms with Crippen LogP contribution in [0.5, 0.6) is 5.75 Å². The number of amides is 1. The lowest BCUT2D eigenvalue weighted by molar-refractivity contribution is -0.114. The quantitative estimate of drug-likeness (QED) is 0.614. The Hall–Kier alpha value is -2.78. The van der Waals surface area contributed by atoms with Crippen molar-refractivity contribution in [1.82, 2.24) is 0 Å². The average molecular weight is 455 g/mol. The van der Waals surface area contributed by atoms with Crippen LogP contribution in [0.3, 0.4) is 0 Å². The number of sulfonamides is 1. The monoisotopic (exact) mass is 454 g/mol. The minimum Gasteiger partial charge on any atom is -0.491 e. The second-order valence-electron chi connectivity index (χ2n) is 6.66. The molecule has 0 aromatic heterocycles. The maximum Gasteiger partial charge on any atom is 0.339 e. The highest BCUT2D eigenvalue weighted by atomic mass is 35.5. The van der Waals surface area contributed by atoms with Crippen LogP contribution in [-0.2, 0) is 19.6 Å². The van der Waals surface area contributed by atoms with E-state index >= 15 is 0 Å². The number of hydrogen-bond donors (Lipinski definition) is 1. The van der Waals surface area contributed by atoms with E-state index in [4.69, 9.17) is 16.3 Å². The second kappa shape index (κ2) is 9.82. The summed E-state index contributed by atoms with van der Waals surface area (Å²) in [5.41, 5.74) is 0.673. The zero-order valence-electron chi connectivity index (χ0n) is 17.0. The van der Waals surface area contributed by atoms with Gasteiger partial charge in [0.25, 0.3) is 0 Å². The number of esters is 1. The molecule has 0 saturated carbocycles. The van der Waals surface area contributed by atoms with Crippen LogP contribution in [0.15, 0.2) is 42.5 Å². The summed E-state index contributed by atoms with van der Waals surface area (Å²) in [6, 6.07) is 10.7. The van der Waals surface area contributed by atoms with Crippen molar-refractivity contribution in [3.63, 3.8) is 0 Å². The van der Waals surface area contributed by atoms with Gasteiger partial charge in [0, 0.05) is 5.69 Å². The third-order valence-electron chi connectivity index (χ3n) is 3.84. The Kier molecular flexibility index (Phi) is 7.69. The van der Waals surface area contributed by atoms with E-state index in [1.807, 2.05) is 13.8 Å². The molecule has 0 aliphatic rings. The number of benzene rings is 2. The summed E-state index contributed by atoms with van der Waals surface area (Å²) in [4.78, 5) is 24.2. The number of nitrogens with zero attached hydrogens (tertiary/aromatic N) is 1. The van der Waals surface area contributed by atoms with E-state index in [0.717, 1.165) is 10.6 Å². The van der Waals surface area contributed by atoms with Crippen LogP contribution in [0, 0.1) is 0 Å². The van der Waals surface area contributed by atoms with Crippen LogP contribution in [0.25, 0.3) is 0 Å². The van der Waals surface area contributed by atoms with Gasteiger partial charge in [-0.25, -0.2) is 13.2 Å². The average Bonchev–Trinajstić information content (AvgIpc) is 2.66. The van der Waals surface area contributed by atoms with Crippen molar-refractivity contribution in [3.8, 4) is 5.75 Å². The van der Waals surface area contributed by atoms with E-state index in [1.54, 1.807) is 24.3 Å². The molecule has 0 aliphatic carbocycles. The first-order valence-corrected chi connectivity index (χ1v) is 11.2. The molecule has 2 rings (SSSR count). The number of halogens is 1. The molecule has 8 nitrogen and oxygen atoms in total. The maximum atomic E-state index is 12.5. The number of nitrogens with one attached hydrogen (secondary N) is 1. The molecule has 0 fully saturated rings. The molecule has 0 saturated heterocycles. The lowest BCUT2D eigenvalue weighted by Crippen LogP contribution is -2.37. The molecule has 10 heteroatoms. The molecule has 0 atom stereocenters. The van der Waals surface area contributed by atoms with Crippen LogP contribution in [-0.4, -0.2) is 46.3 Å². The summed E-state index contributed by atoms with van der Waals surface area (Å²) in [5, 5.41) is 2.73. The van der Waals surface area contributed by atoms with Gasteiger partial charge in [0.2, 0.25) is 15.9 Å². The Morgan fingerprint density at radius 3 is 2.30 bits per heavy atom. The Labute approximate surface area is 180 Å². The number of carbonyl (C=O) groups is 2. The van der Waals surface area contributed by atoms with Gasteiger partial charge in [0.15, 0.2) is 0 Å². The molecule has 1 amide bonds. The van der Waals surface area contributed by atoms with E-state index in [9.17, 15) is 18.0 Å². The van der Waals surface area contributed by atoms with E-state index in [-0.39, 0.29) is 22.4 Å². The normalized spacial score (nSPS) is 11.1. The smallest absolute Gasteiger partial charge is 0.339 e. The number of anilines is 2. The first-order valence-electron chi connectivity index (χ1n) is 8.93. The molecular weight excluding hydrogens is 432 g/mol. The molecule has 0 aliphatic heterocycles. The van der Waals surface area contributed by atoms with Crippen LogP contribution in [0.4, 0.5) is 11.4 Å². The Morgan fingerprint density at radius 1 is 1.13 bits per heavy atom. The number of ether oxygens (including phenoxy) is 2. The van der Waals surface area contributed by atoms with Crippen molar-refractivity contribution in [2.75, 3.05) is 29.5 Å². The summed E-state index contributed by atoms with van der Waals surface area (Å²) >= 11 is 5.96. The zero-order chi connectivity index (χ0) is 22.5. The van der Waals surface area contributed by atoms with Gasteiger partial charge in [-0.15, -0.1) is 0 Å². The van der Waals surface area contributed by atoms with Crippen molar-refractivity contribution < 1.29 is 27.5 Å². The Bertz CT molecular complexity index is 1020. The molecule has 30 heavy (non-hydrogen) atoms. The predicted octanol–water partition coefficient (Wildman–Crippen LogP) is 3.32. The molecule has 0 radical (unpaired) electrons. The first kappa shape index (κ1) is 23.5. The molecule has 2 aromatic rings. The van der Waals surface area contributed by atoms with Gasteiger partial charge in [-0.3, -0.25) is 9.10 Å². The molecule has 0 unspecified atom stereocenters. The summed E-state index contributed by atoms with van der Waals surface area (Å²) < 4.78 is 35.7. The van der Waals surface area contributed by atoms with Crippen LogP contribution >= 0.6 is 11.6 Å². The molecule has 2 aromatic carbocycles. The second-order valence-corrected chi connectivity index (χ2v) is 8.98. The number of carbonyl (C=O) groups excluding carboxylic acids is 2. The number of rotatable bonds is 8. The maximum absolute atomic E-state index is 12.5. The van der Waals surface area contributed by atoms with Gasteiger partial charge in [0.05, 0.1) is 35.7 Å². The standard InChI is InChI=1S/C20H23ClN2O6S/c1-13(2)29-16-8-6-15(7-9-16)23(30(4,26)27)12-19(24)22-14-5-10-18(21)17(11-14)20(25)28-3/h5-11,13H,12H2,1-4H3,(H,22,24). The van der Waals surface area contributed by atoms with Gasteiger partial charge < -0.3 is 14.8 Å². The molecular formula is C20H23ClN2O6S. The fourth-order valence-corrected chi connectivity index (χ4v) is 3.61. The topological polar surface area (TPSA) is 102 Å². The summed E-state index contributed by atoms with van der Waals surface area (Å²) in [5.74, 6) is -0.665. The number of methoxy groups -OCH3 is 1. The SMILES string of the molecule is COC(=O)c1cc(NC(=O)CN(c2ccc(OC(C)C)cc2)S(C)(=O)=O)ccc1Cl. The molecule has 0 bridgehead atoms. The summed E-state index contributed by atoms with van der Waals surface area (Å²) in [7, 11) is -2.52. The largest absolute Gasteiger partial charge is 0.491 e. The minimum absolute atomic E-state index is 0.0260. The van der Waals surface area contributed by atoms with Gasteiger partial charge in [0.1, 0.15) is 12.3 Å². The fourth-order valence-electron chi connectivity index (χ4n) is 2.56. The van der Waals surface area contributed by atoms with Crippen molar-refractivity contribution in [1.29, 1.82) is 0 Å². The van der Waals surface area contributed by atoms with Gasteiger partial charge >= 0.3 is 5.97 Å². The van der Waals surface area contributed by atoms with Gasteiger partial charge in [-0.1, -0.05) is 11.6 Å². The fraction of sp³-hybridized carbons (Fsp3) is 0.300. The molecule has 1 N–H and O–H groups in total. The molecule has 162 valence electrons. The van der Waals surface area contributed by atoms with E-state index in [0.29, 0.717) is 11.4 Å². The Balaban J connectivity index is 2.20. The highest BCUT2D eigenvalue weighted by Crippen LogP contribution is 2.24. The van der Waals surface area contributed by atoms with E-state index in [1.165, 1.54) is 25.3 Å². The van der Waals surface area contributed by atoms with Crippen molar-refractivity contribution in [3.05, 3.63) is 53.1 Å². The van der Waals surface area contributed by atoms with Crippen molar-refractivity contribution in [2.45, 2.75) is 20.0 Å². The van der Waals surface area contributed by atoms with E-state index < -0.39 is 28.4 Å². The minimum atomic E-state index is -3.74. The highest BCUT2D eigenvalue weighted by molar-refractivity contribution is 7.92. The van der Waals surface area contributed by atoms with Gasteiger partial charge in [-0.2, -0.15) is 0 Å². The lowest BCUT2D eigenvalue weighted by Gasteiger charge is -2.22. The lowest BCUT2D eigenvalue weighted by atomic mass is 10.2. The van der Waals surface area contributed by atoms with Crippen LogP contribution in [0.1, 0.15) is 24.2 Å². The summed E-state index contributed by atoms with van der Waals surface area (Å²) in [6.07, 6.45) is 0.984. The van der Waals surface area contributed by atoms with Crippen molar-refractivity contribution >= 4 is 44.9 Å². The van der Waals surface area contributed by atoms with Crippen molar-refractivity contribution in [2.24, 2.45) is 0 Å². The van der Waals surface area contributed by atoms with Crippen LogP contribution < -0.4 is 14.4 Å². The number of hydrogen-bond acceptors (Lipinski definition) is 6.